The number of carbonyl (C=O) groups is 3. The fraction of sp³-hybridized carbons (Fsp3) is 0.333. The maximum absolute atomic E-state index is 13.7. The lowest BCUT2D eigenvalue weighted by molar-refractivity contribution is -0.140. The van der Waals surface area contributed by atoms with Gasteiger partial charge in [0.05, 0.1) is 6.42 Å². The molecule has 0 fully saturated rings. The second-order valence-corrected chi connectivity index (χ2v) is 7.98. The first-order valence-electron chi connectivity index (χ1n) is 10.1. The SMILES string of the molecule is CCCSNc1cccn(CC(=O)NC(CC(=O)O)C(=O)COc2c(F)c(F)cc(F)c2F)c1=O. The Morgan fingerprint density at radius 3 is 2.43 bits per heavy atom. The lowest BCUT2D eigenvalue weighted by Crippen LogP contribution is -2.46. The number of rotatable bonds is 13. The molecule has 2 rings (SSSR count). The van der Waals surface area contributed by atoms with Crippen molar-refractivity contribution < 1.29 is 41.8 Å². The van der Waals surface area contributed by atoms with Gasteiger partial charge in [-0.3, -0.25) is 19.2 Å². The Hall–Kier alpha value is -3.55. The van der Waals surface area contributed by atoms with Crippen LogP contribution in [-0.4, -0.2) is 45.7 Å². The molecule has 3 N–H and O–H groups in total. The van der Waals surface area contributed by atoms with Crippen LogP contribution in [0, 0.1) is 23.3 Å². The topological polar surface area (TPSA) is 127 Å². The molecule has 1 unspecified atom stereocenters. The van der Waals surface area contributed by atoms with Gasteiger partial charge in [-0.05, 0) is 18.6 Å². The lowest BCUT2D eigenvalue weighted by atomic mass is 10.1. The number of benzene rings is 1. The van der Waals surface area contributed by atoms with Crippen LogP contribution in [0.4, 0.5) is 23.2 Å². The van der Waals surface area contributed by atoms with Crippen LogP contribution in [0.25, 0.3) is 0 Å². The number of ether oxygens (including phenoxy) is 1. The van der Waals surface area contributed by atoms with Crippen LogP contribution in [-0.2, 0) is 20.9 Å². The van der Waals surface area contributed by atoms with Crippen molar-refractivity contribution in [1.82, 2.24) is 9.88 Å². The number of anilines is 1. The zero-order chi connectivity index (χ0) is 26.1. The molecule has 190 valence electrons. The third-order valence-electron chi connectivity index (χ3n) is 4.36. The van der Waals surface area contributed by atoms with Crippen molar-refractivity contribution in [1.29, 1.82) is 0 Å². The normalized spacial score (nSPS) is 11.6. The number of hydrogen-bond donors (Lipinski definition) is 3. The van der Waals surface area contributed by atoms with Crippen molar-refractivity contribution in [2.75, 3.05) is 17.1 Å². The molecule has 0 saturated heterocycles. The number of carboxylic acid groups (broad SMARTS) is 1. The van der Waals surface area contributed by atoms with Gasteiger partial charge in [-0.25, -0.2) is 8.78 Å². The van der Waals surface area contributed by atoms with Gasteiger partial charge < -0.3 is 24.4 Å². The highest BCUT2D eigenvalue weighted by atomic mass is 32.2. The number of carbonyl (C=O) groups excluding carboxylic acids is 2. The van der Waals surface area contributed by atoms with Gasteiger partial charge >= 0.3 is 5.97 Å². The maximum atomic E-state index is 13.7. The highest BCUT2D eigenvalue weighted by molar-refractivity contribution is 8.00. The van der Waals surface area contributed by atoms with Crippen LogP contribution in [0.15, 0.2) is 29.2 Å². The summed E-state index contributed by atoms with van der Waals surface area (Å²) in [4.78, 5) is 48.4. The largest absolute Gasteiger partial charge is 0.481 e. The lowest BCUT2D eigenvalue weighted by Gasteiger charge is -2.17. The van der Waals surface area contributed by atoms with Gasteiger partial charge in [-0.15, -0.1) is 0 Å². The number of nitrogens with one attached hydrogen (secondary N) is 2. The average molecular weight is 519 g/mol. The quantitative estimate of drug-likeness (QED) is 0.160. The van der Waals surface area contributed by atoms with Gasteiger partial charge in [0, 0.05) is 18.0 Å². The number of aliphatic carboxylic acids is 1. The van der Waals surface area contributed by atoms with Crippen molar-refractivity contribution >= 4 is 35.3 Å². The molecule has 14 heteroatoms. The van der Waals surface area contributed by atoms with Crippen LogP contribution >= 0.6 is 11.9 Å². The molecule has 1 heterocycles. The number of ketones is 1. The average Bonchev–Trinajstić information content (AvgIpc) is 2.79. The summed E-state index contributed by atoms with van der Waals surface area (Å²) in [6.07, 6.45) is 1.23. The van der Waals surface area contributed by atoms with Crippen molar-refractivity contribution in [2.24, 2.45) is 0 Å². The Balaban J connectivity index is 2.10. The van der Waals surface area contributed by atoms with E-state index in [0.717, 1.165) is 16.7 Å². The van der Waals surface area contributed by atoms with Gasteiger partial charge in [0.2, 0.25) is 17.5 Å². The molecular formula is C21H21F4N3O6S. The first-order chi connectivity index (χ1) is 16.5. The number of Topliss-reactive ketones (excluding diaryl/α,β-unsaturated/α-hetero) is 1. The molecule has 1 aromatic carbocycles. The first-order valence-corrected chi connectivity index (χ1v) is 11.1. The summed E-state index contributed by atoms with van der Waals surface area (Å²) in [5, 5.41) is 11.1. The number of halogens is 4. The van der Waals surface area contributed by atoms with Gasteiger partial charge in [0.25, 0.3) is 5.56 Å². The minimum Gasteiger partial charge on any atom is -0.481 e. The standard InChI is InChI=1S/C21H21F4N3O6S/c1-2-6-35-27-13-4-3-5-28(21(13)33)9-16(30)26-14(8-17(31)32)15(29)10-34-20-18(24)11(22)7-12(23)19(20)25/h3-5,7,14,27H,2,6,8-10H2,1H3,(H,26,30)(H,31,32). The molecule has 35 heavy (non-hydrogen) atoms. The number of hydrogen-bond acceptors (Lipinski definition) is 7. The van der Waals surface area contributed by atoms with Crippen LogP contribution in [0.3, 0.4) is 0 Å². The van der Waals surface area contributed by atoms with E-state index in [0.29, 0.717) is 0 Å². The fourth-order valence-electron chi connectivity index (χ4n) is 2.71. The minimum atomic E-state index is -1.89. The zero-order valence-corrected chi connectivity index (χ0v) is 19.1. The molecule has 0 spiro atoms. The molecule has 1 aromatic heterocycles. The Morgan fingerprint density at radius 1 is 1.17 bits per heavy atom. The Kier molecular flexibility index (Phi) is 10.1. The van der Waals surface area contributed by atoms with Gasteiger partial charge in [-0.2, -0.15) is 8.78 Å². The highest BCUT2D eigenvalue weighted by Gasteiger charge is 2.27. The summed E-state index contributed by atoms with van der Waals surface area (Å²) >= 11 is 1.29. The minimum absolute atomic E-state index is 0.0538. The highest BCUT2D eigenvalue weighted by Crippen LogP contribution is 2.26. The number of carboxylic acids is 1. The predicted molar refractivity (Wildman–Crippen MR) is 118 cm³/mol. The molecule has 1 amide bonds. The maximum Gasteiger partial charge on any atom is 0.305 e. The van der Waals surface area contributed by atoms with Crippen molar-refractivity contribution in [3.8, 4) is 5.75 Å². The molecule has 0 aliphatic rings. The summed E-state index contributed by atoms with van der Waals surface area (Å²) in [5.41, 5.74) is -0.341. The van der Waals surface area contributed by atoms with Crippen LogP contribution in [0.5, 0.6) is 5.75 Å². The third-order valence-corrected chi connectivity index (χ3v) is 5.33. The van der Waals surface area contributed by atoms with Crippen LogP contribution in [0.2, 0.25) is 0 Å². The number of amides is 1. The number of aromatic nitrogens is 1. The second-order valence-electron chi connectivity index (χ2n) is 7.08. The second kappa shape index (κ2) is 12.8. The molecule has 9 nitrogen and oxygen atoms in total. The Bertz CT molecular complexity index is 1130. The molecule has 0 saturated carbocycles. The van der Waals surface area contributed by atoms with E-state index in [1.807, 2.05) is 6.92 Å². The van der Waals surface area contributed by atoms with Gasteiger partial charge in [0.1, 0.15) is 24.9 Å². The summed E-state index contributed by atoms with van der Waals surface area (Å²) in [5.74, 6) is -11.7. The Morgan fingerprint density at radius 2 is 1.83 bits per heavy atom. The van der Waals surface area contributed by atoms with Crippen LogP contribution in [0.1, 0.15) is 19.8 Å². The van der Waals surface area contributed by atoms with E-state index < -0.39 is 77.9 Å². The molecule has 0 radical (unpaired) electrons. The fourth-order valence-corrected chi connectivity index (χ4v) is 3.32. The summed E-state index contributed by atoms with van der Waals surface area (Å²) < 4.78 is 62.4. The molecular weight excluding hydrogens is 498 g/mol. The van der Waals surface area contributed by atoms with E-state index in [4.69, 9.17) is 5.11 Å². The zero-order valence-electron chi connectivity index (χ0n) is 18.3. The first kappa shape index (κ1) is 27.7. The van der Waals surface area contributed by atoms with Crippen LogP contribution < -0.4 is 20.3 Å². The van der Waals surface area contributed by atoms with E-state index >= 15 is 0 Å². The molecule has 1 atom stereocenters. The monoisotopic (exact) mass is 519 g/mol. The Labute approximate surface area is 200 Å². The van der Waals surface area contributed by atoms with Gasteiger partial charge in [0.15, 0.2) is 23.2 Å². The third kappa shape index (κ3) is 7.73. The van der Waals surface area contributed by atoms with E-state index in [9.17, 15) is 36.7 Å². The summed E-state index contributed by atoms with van der Waals surface area (Å²) in [7, 11) is 0. The summed E-state index contributed by atoms with van der Waals surface area (Å²) in [6, 6.07) is 1.22. The van der Waals surface area contributed by atoms with E-state index in [2.05, 4.69) is 14.8 Å². The molecule has 0 bridgehead atoms. The predicted octanol–water partition coefficient (Wildman–Crippen LogP) is 2.48. The number of nitrogens with zero attached hydrogens (tertiary/aromatic N) is 1. The van der Waals surface area contributed by atoms with Crippen molar-refractivity contribution in [3.63, 3.8) is 0 Å². The smallest absolute Gasteiger partial charge is 0.305 e. The van der Waals surface area contributed by atoms with Gasteiger partial charge in [-0.1, -0.05) is 18.9 Å². The molecule has 0 aliphatic heterocycles. The number of pyridine rings is 1. The molecule has 0 aliphatic carbocycles. The van der Waals surface area contributed by atoms with E-state index in [-0.39, 0.29) is 11.8 Å². The summed E-state index contributed by atoms with van der Waals surface area (Å²) in [6.45, 7) is 0.171. The van der Waals surface area contributed by atoms with E-state index in [1.54, 1.807) is 0 Å². The van der Waals surface area contributed by atoms with Crippen molar-refractivity contribution in [3.05, 3.63) is 58.0 Å². The van der Waals surface area contributed by atoms with E-state index in [1.165, 1.54) is 30.3 Å². The molecule has 2 aromatic rings. The van der Waals surface area contributed by atoms with Crippen molar-refractivity contribution in [2.45, 2.75) is 32.4 Å².